The first-order valence-electron chi connectivity index (χ1n) is 10.8. The third kappa shape index (κ3) is 7.02. The Labute approximate surface area is 185 Å². The minimum Gasteiger partial charge on any atom is -0.497 e. The largest absolute Gasteiger partial charge is 0.497 e. The molecule has 2 aromatic carbocycles. The Kier molecular flexibility index (Phi) is 9.38. The monoisotopic (exact) mass is 426 g/mol. The molecule has 2 atom stereocenters. The predicted molar refractivity (Wildman–Crippen MR) is 122 cm³/mol. The molecule has 0 saturated heterocycles. The maximum absolute atomic E-state index is 13.3. The average molecular weight is 427 g/mol. The first-order chi connectivity index (χ1) is 14.9. The number of hydrogen-bond acceptors (Lipinski definition) is 4. The first kappa shape index (κ1) is 24.3. The molecule has 0 heterocycles. The molecule has 0 aliphatic carbocycles. The number of hydrogen-bond donors (Lipinski definition) is 1. The van der Waals surface area contributed by atoms with Crippen molar-refractivity contribution in [1.29, 1.82) is 0 Å². The summed E-state index contributed by atoms with van der Waals surface area (Å²) in [7, 11) is 3.23. The molecule has 2 amide bonds. The van der Waals surface area contributed by atoms with Gasteiger partial charge in [0.1, 0.15) is 17.5 Å². The highest BCUT2D eigenvalue weighted by Crippen LogP contribution is 2.18. The number of methoxy groups -OCH3 is 2. The van der Waals surface area contributed by atoms with Crippen molar-refractivity contribution in [1.82, 2.24) is 10.2 Å². The van der Waals surface area contributed by atoms with Crippen LogP contribution in [-0.4, -0.2) is 43.0 Å². The second-order valence-corrected chi connectivity index (χ2v) is 7.64. The summed E-state index contributed by atoms with van der Waals surface area (Å²) in [4.78, 5) is 28.0. The van der Waals surface area contributed by atoms with Gasteiger partial charge in [-0.05, 0) is 55.2 Å². The van der Waals surface area contributed by atoms with Crippen LogP contribution in [0.5, 0.6) is 11.5 Å². The highest BCUT2D eigenvalue weighted by Gasteiger charge is 2.29. The number of benzene rings is 2. The second-order valence-electron chi connectivity index (χ2n) is 7.64. The summed E-state index contributed by atoms with van der Waals surface area (Å²) < 4.78 is 10.4. The molecule has 0 saturated carbocycles. The summed E-state index contributed by atoms with van der Waals surface area (Å²) >= 11 is 0. The Morgan fingerprint density at radius 1 is 0.871 bits per heavy atom. The number of amides is 2. The number of carbonyl (C=O) groups excluding carboxylic acids is 2. The molecule has 0 aliphatic rings. The van der Waals surface area contributed by atoms with Crippen molar-refractivity contribution in [3.8, 4) is 11.5 Å². The lowest BCUT2D eigenvalue weighted by molar-refractivity contribution is -0.141. The van der Waals surface area contributed by atoms with Crippen molar-refractivity contribution in [2.45, 2.75) is 58.7 Å². The van der Waals surface area contributed by atoms with E-state index in [4.69, 9.17) is 9.47 Å². The summed E-state index contributed by atoms with van der Waals surface area (Å²) in [6.07, 6.45) is 1.58. The molecule has 168 valence electrons. The van der Waals surface area contributed by atoms with Gasteiger partial charge in [-0.25, -0.2) is 0 Å². The molecule has 31 heavy (non-hydrogen) atoms. The van der Waals surface area contributed by atoms with Crippen molar-refractivity contribution >= 4 is 11.8 Å². The zero-order valence-corrected chi connectivity index (χ0v) is 19.2. The first-order valence-corrected chi connectivity index (χ1v) is 10.8. The second kappa shape index (κ2) is 12.0. The van der Waals surface area contributed by atoms with Crippen LogP contribution in [0.25, 0.3) is 0 Å². The van der Waals surface area contributed by atoms with Gasteiger partial charge in [0.15, 0.2) is 0 Å². The Morgan fingerprint density at radius 3 is 1.84 bits per heavy atom. The maximum Gasteiger partial charge on any atom is 0.243 e. The smallest absolute Gasteiger partial charge is 0.243 e. The molecule has 0 radical (unpaired) electrons. The van der Waals surface area contributed by atoms with E-state index in [1.165, 1.54) is 0 Å². The molecule has 0 bridgehead atoms. The van der Waals surface area contributed by atoms with Crippen LogP contribution in [-0.2, 0) is 22.6 Å². The fraction of sp³-hybridized carbons (Fsp3) is 0.440. The average Bonchev–Trinajstić information content (AvgIpc) is 2.79. The van der Waals surface area contributed by atoms with Crippen LogP contribution in [0.2, 0.25) is 0 Å². The normalized spacial score (nSPS) is 12.5. The van der Waals surface area contributed by atoms with Gasteiger partial charge in [-0.15, -0.1) is 0 Å². The van der Waals surface area contributed by atoms with E-state index in [0.29, 0.717) is 13.0 Å². The van der Waals surface area contributed by atoms with Gasteiger partial charge in [0, 0.05) is 12.6 Å². The van der Waals surface area contributed by atoms with Gasteiger partial charge in [0.25, 0.3) is 0 Å². The Bertz CT molecular complexity index is 834. The standard InChI is InChI=1S/C25H34N2O4/c1-6-18(3)26-25(29)23(7-2)27(17-20-10-14-22(31-5)15-11-20)24(28)16-19-8-12-21(30-4)13-9-19/h8-15,18,23H,6-7,16-17H2,1-5H3,(H,26,29)/t18-,23-/m1/s1. The molecule has 2 rings (SSSR count). The highest BCUT2D eigenvalue weighted by atomic mass is 16.5. The van der Waals surface area contributed by atoms with Crippen molar-refractivity contribution < 1.29 is 19.1 Å². The van der Waals surface area contributed by atoms with Gasteiger partial charge >= 0.3 is 0 Å². The lowest BCUT2D eigenvalue weighted by Gasteiger charge is -2.31. The maximum atomic E-state index is 13.3. The van der Waals surface area contributed by atoms with Crippen LogP contribution in [0.15, 0.2) is 48.5 Å². The van der Waals surface area contributed by atoms with Crippen LogP contribution < -0.4 is 14.8 Å². The third-order valence-electron chi connectivity index (χ3n) is 5.41. The van der Waals surface area contributed by atoms with Gasteiger partial charge in [-0.1, -0.05) is 38.1 Å². The lowest BCUT2D eigenvalue weighted by atomic mass is 10.1. The van der Waals surface area contributed by atoms with E-state index >= 15 is 0 Å². The van der Waals surface area contributed by atoms with Gasteiger partial charge in [-0.2, -0.15) is 0 Å². The van der Waals surface area contributed by atoms with E-state index in [9.17, 15) is 9.59 Å². The van der Waals surface area contributed by atoms with E-state index < -0.39 is 6.04 Å². The summed E-state index contributed by atoms with van der Waals surface area (Å²) in [5.74, 6) is 1.28. The van der Waals surface area contributed by atoms with Crippen LogP contribution in [0, 0.1) is 0 Å². The molecule has 0 fully saturated rings. The van der Waals surface area contributed by atoms with Crippen molar-refractivity contribution in [2.24, 2.45) is 0 Å². The van der Waals surface area contributed by atoms with Crippen molar-refractivity contribution in [3.05, 3.63) is 59.7 Å². The zero-order chi connectivity index (χ0) is 22.8. The molecule has 2 aromatic rings. The SMILES string of the molecule is CC[C@@H](C)NC(=O)[C@@H](CC)N(Cc1ccc(OC)cc1)C(=O)Cc1ccc(OC)cc1. The lowest BCUT2D eigenvalue weighted by Crippen LogP contribution is -2.51. The zero-order valence-electron chi connectivity index (χ0n) is 19.2. The number of nitrogens with one attached hydrogen (secondary N) is 1. The van der Waals surface area contributed by atoms with Crippen molar-refractivity contribution in [2.75, 3.05) is 14.2 Å². The van der Waals surface area contributed by atoms with Gasteiger partial charge in [0.2, 0.25) is 11.8 Å². The molecule has 0 aromatic heterocycles. The fourth-order valence-electron chi connectivity index (χ4n) is 3.31. The summed E-state index contributed by atoms with van der Waals surface area (Å²) in [6, 6.07) is 14.5. The quantitative estimate of drug-likeness (QED) is 0.590. The van der Waals surface area contributed by atoms with Crippen LogP contribution >= 0.6 is 0 Å². The molecule has 0 spiro atoms. The minimum atomic E-state index is -0.540. The highest BCUT2D eigenvalue weighted by molar-refractivity contribution is 5.88. The molecule has 1 N–H and O–H groups in total. The molecule has 6 nitrogen and oxygen atoms in total. The van der Waals surface area contributed by atoms with Gasteiger partial charge < -0.3 is 19.7 Å². The van der Waals surface area contributed by atoms with Crippen molar-refractivity contribution in [3.63, 3.8) is 0 Å². The van der Waals surface area contributed by atoms with Crippen LogP contribution in [0.4, 0.5) is 0 Å². The van der Waals surface area contributed by atoms with Gasteiger partial charge in [0.05, 0.1) is 20.6 Å². The number of nitrogens with zero attached hydrogens (tertiary/aromatic N) is 1. The van der Waals surface area contributed by atoms with Gasteiger partial charge in [-0.3, -0.25) is 9.59 Å². The number of rotatable bonds is 11. The van der Waals surface area contributed by atoms with Crippen LogP contribution in [0.1, 0.15) is 44.7 Å². The predicted octanol–water partition coefficient (Wildman–Crippen LogP) is 3.97. The number of carbonyl (C=O) groups is 2. The van der Waals surface area contributed by atoms with E-state index in [0.717, 1.165) is 29.0 Å². The molecule has 0 unspecified atom stereocenters. The third-order valence-corrected chi connectivity index (χ3v) is 5.41. The summed E-state index contributed by atoms with van der Waals surface area (Å²) in [6.45, 7) is 6.28. The number of ether oxygens (including phenoxy) is 2. The fourth-order valence-corrected chi connectivity index (χ4v) is 3.31. The van der Waals surface area contributed by atoms with E-state index in [1.54, 1.807) is 19.1 Å². The molecular formula is C25H34N2O4. The molecule has 6 heteroatoms. The molecular weight excluding hydrogens is 392 g/mol. The Hall–Kier alpha value is -3.02. The molecule has 0 aliphatic heterocycles. The van der Waals surface area contributed by atoms with Crippen LogP contribution in [0.3, 0.4) is 0 Å². The Morgan fingerprint density at radius 2 is 1.39 bits per heavy atom. The summed E-state index contributed by atoms with van der Waals surface area (Å²) in [5, 5.41) is 3.03. The van der Waals surface area contributed by atoms with E-state index in [1.807, 2.05) is 69.3 Å². The topological polar surface area (TPSA) is 67.9 Å². The Balaban J connectivity index is 2.27. The van der Waals surface area contributed by atoms with E-state index in [-0.39, 0.29) is 24.3 Å². The summed E-state index contributed by atoms with van der Waals surface area (Å²) in [5.41, 5.74) is 1.82. The minimum absolute atomic E-state index is 0.0566. The van der Waals surface area contributed by atoms with E-state index in [2.05, 4.69) is 5.32 Å².